The van der Waals surface area contributed by atoms with Gasteiger partial charge in [0.2, 0.25) is 0 Å². The quantitative estimate of drug-likeness (QED) is 0.530. The van der Waals surface area contributed by atoms with E-state index in [1.807, 2.05) is 49.4 Å². The fraction of sp³-hybridized carbons (Fsp3) is 0.250. The van der Waals surface area contributed by atoms with Gasteiger partial charge in [0.05, 0.1) is 7.11 Å². The van der Waals surface area contributed by atoms with E-state index in [9.17, 15) is 4.79 Å². The first-order valence-corrected chi connectivity index (χ1v) is 8.13. The van der Waals surface area contributed by atoms with Crippen molar-refractivity contribution >= 4 is 23.4 Å². The lowest BCUT2D eigenvalue weighted by Crippen LogP contribution is -2.18. The Labute approximate surface area is 137 Å². The minimum absolute atomic E-state index is 0.244. The summed E-state index contributed by atoms with van der Waals surface area (Å²) in [7, 11) is 1.40. The first-order valence-electron chi connectivity index (χ1n) is 7.25. The minimum Gasteiger partial charge on any atom is -0.468 e. The Kier molecular flexibility index (Phi) is 4.57. The van der Waals surface area contributed by atoms with Crippen LogP contribution in [-0.4, -0.2) is 38.1 Å². The van der Waals surface area contributed by atoms with E-state index in [-0.39, 0.29) is 11.2 Å². The van der Waals surface area contributed by atoms with E-state index < -0.39 is 0 Å². The molecule has 118 valence electrons. The molecular formula is C16H16N4O2S. The highest BCUT2D eigenvalue weighted by atomic mass is 32.2. The van der Waals surface area contributed by atoms with Crippen LogP contribution in [-0.2, 0) is 9.53 Å². The molecule has 3 aromatic rings. The largest absolute Gasteiger partial charge is 0.468 e. The Hall–Kier alpha value is -2.41. The van der Waals surface area contributed by atoms with E-state index in [1.165, 1.54) is 18.9 Å². The number of fused-ring (bicyclic) bond motifs is 1. The van der Waals surface area contributed by atoms with Crippen molar-refractivity contribution in [1.82, 2.24) is 19.8 Å². The molecule has 6 nitrogen and oxygen atoms in total. The number of benzene rings is 1. The van der Waals surface area contributed by atoms with Gasteiger partial charge in [-0.2, -0.15) is 9.61 Å². The molecule has 1 atom stereocenters. The fourth-order valence-electron chi connectivity index (χ4n) is 2.18. The van der Waals surface area contributed by atoms with Crippen molar-refractivity contribution in [2.75, 3.05) is 7.11 Å². The zero-order valence-electron chi connectivity index (χ0n) is 12.8. The lowest BCUT2D eigenvalue weighted by molar-refractivity contribution is -0.140. The third-order valence-corrected chi connectivity index (χ3v) is 4.64. The molecule has 0 N–H and O–H groups in total. The summed E-state index contributed by atoms with van der Waals surface area (Å²) >= 11 is 1.38. The van der Waals surface area contributed by atoms with Crippen molar-refractivity contribution in [2.24, 2.45) is 0 Å². The predicted octanol–water partition coefficient (Wildman–Crippen LogP) is 2.84. The molecule has 2 aromatic heterocycles. The van der Waals surface area contributed by atoms with Crippen molar-refractivity contribution in [1.29, 1.82) is 0 Å². The molecule has 0 bridgehead atoms. The number of nitrogens with zero attached hydrogens (tertiary/aromatic N) is 4. The summed E-state index contributed by atoms with van der Waals surface area (Å²) in [5.74, 6) is 0.431. The van der Waals surface area contributed by atoms with Gasteiger partial charge in [-0.15, -0.1) is 10.2 Å². The van der Waals surface area contributed by atoms with Gasteiger partial charge in [0, 0.05) is 5.56 Å². The van der Waals surface area contributed by atoms with Crippen LogP contribution in [0.5, 0.6) is 0 Å². The van der Waals surface area contributed by atoms with E-state index in [1.54, 1.807) is 4.52 Å². The smallest absolute Gasteiger partial charge is 0.319 e. The van der Waals surface area contributed by atoms with Gasteiger partial charge in [-0.25, -0.2) is 0 Å². The molecule has 0 fully saturated rings. The number of carbonyl (C=O) groups is 1. The summed E-state index contributed by atoms with van der Waals surface area (Å²) in [5.41, 5.74) is 1.61. The predicted molar refractivity (Wildman–Crippen MR) is 88.2 cm³/mol. The second-order valence-corrected chi connectivity index (χ2v) is 6.09. The molecule has 23 heavy (non-hydrogen) atoms. The molecule has 0 aliphatic rings. The summed E-state index contributed by atoms with van der Waals surface area (Å²) in [4.78, 5) is 11.7. The highest BCUT2D eigenvalue weighted by molar-refractivity contribution is 8.00. The number of esters is 1. The second-order valence-electron chi connectivity index (χ2n) is 4.87. The Bertz CT molecular complexity index is 819. The van der Waals surface area contributed by atoms with Gasteiger partial charge in [0.25, 0.3) is 0 Å². The van der Waals surface area contributed by atoms with Crippen LogP contribution < -0.4 is 0 Å². The van der Waals surface area contributed by atoms with Crippen LogP contribution in [0.25, 0.3) is 17.0 Å². The zero-order chi connectivity index (χ0) is 16.2. The lowest BCUT2D eigenvalue weighted by Gasteiger charge is -2.11. The van der Waals surface area contributed by atoms with Crippen molar-refractivity contribution in [2.45, 2.75) is 23.6 Å². The molecule has 0 aliphatic carbocycles. The molecule has 1 unspecified atom stereocenters. The van der Waals surface area contributed by atoms with Crippen LogP contribution in [0.15, 0.2) is 47.5 Å². The molecule has 0 aliphatic heterocycles. The monoisotopic (exact) mass is 328 g/mol. The van der Waals surface area contributed by atoms with E-state index in [0.717, 1.165) is 10.6 Å². The molecular weight excluding hydrogens is 312 g/mol. The number of methoxy groups -OCH3 is 1. The summed E-state index contributed by atoms with van der Waals surface area (Å²) in [6.07, 6.45) is 0.671. The number of rotatable bonds is 5. The number of hydrogen-bond acceptors (Lipinski definition) is 6. The van der Waals surface area contributed by atoms with E-state index >= 15 is 0 Å². The Morgan fingerprint density at radius 2 is 2.00 bits per heavy atom. The lowest BCUT2D eigenvalue weighted by atomic mass is 10.2. The van der Waals surface area contributed by atoms with Gasteiger partial charge >= 0.3 is 5.97 Å². The second kappa shape index (κ2) is 6.78. The molecule has 0 spiro atoms. The Morgan fingerprint density at radius 1 is 1.22 bits per heavy atom. The zero-order valence-corrected chi connectivity index (χ0v) is 13.7. The minimum atomic E-state index is -0.276. The first-order chi connectivity index (χ1) is 11.2. The molecule has 3 rings (SSSR count). The molecule has 0 saturated carbocycles. The SMILES string of the molecule is CCC(Sc1ccc2nnc(-c3ccccc3)n2n1)C(=O)OC. The highest BCUT2D eigenvalue weighted by Crippen LogP contribution is 2.25. The number of hydrogen-bond donors (Lipinski definition) is 0. The average Bonchev–Trinajstić information content (AvgIpc) is 3.03. The van der Waals surface area contributed by atoms with Gasteiger partial charge in [-0.1, -0.05) is 49.0 Å². The third kappa shape index (κ3) is 3.19. The Morgan fingerprint density at radius 3 is 2.70 bits per heavy atom. The molecule has 0 amide bonds. The van der Waals surface area contributed by atoms with Gasteiger partial charge in [-0.3, -0.25) is 4.79 Å². The van der Waals surface area contributed by atoms with E-state index in [4.69, 9.17) is 4.74 Å². The van der Waals surface area contributed by atoms with Crippen LogP contribution in [0, 0.1) is 0 Å². The van der Waals surface area contributed by atoms with Gasteiger partial charge in [-0.05, 0) is 18.6 Å². The standard InChI is InChI=1S/C16H16N4O2S/c1-3-12(16(21)22-2)23-14-10-9-13-17-18-15(20(13)19-14)11-7-5-4-6-8-11/h4-10,12H,3H2,1-2H3. The number of ether oxygens (including phenoxy) is 1. The maximum atomic E-state index is 11.7. The molecule has 7 heteroatoms. The van der Waals surface area contributed by atoms with E-state index in [0.29, 0.717) is 17.9 Å². The topological polar surface area (TPSA) is 69.4 Å². The summed E-state index contributed by atoms with van der Waals surface area (Å²) in [6, 6.07) is 13.4. The van der Waals surface area contributed by atoms with Crippen molar-refractivity contribution in [3.63, 3.8) is 0 Å². The van der Waals surface area contributed by atoms with Crippen LogP contribution >= 0.6 is 11.8 Å². The number of carbonyl (C=O) groups excluding carboxylic acids is 1. The summed E-state index contributed by atoms with van der Waals surface area (Å²) in [6.45, 7) is 1.95. The van der Waals surface area contributed by atoms with Crippen molar-refractivity contribution < 1.29 is 9.53 Å². The fourth-order valence-corrected chi connectivity index (χ4v) is 3.10. The van der Waals surface area contributed by atoms with Gasteiger partial charge in [0.15, 0.2) is 11.5 Å². The van der Waals surface area contributed by atoms with Crippen LogP contribution in [0.1, 0.15) is 13.3 Å². The summed E-state index contributed by atoms with van der Waals surface area (Å²) in [5, 5.41) is 13.4. The molecule has 0 saturated heterocycles. The van der Waals surface area contributed by atoms with Crippen LogP contribution in [0.4, 0.5) is 0 Å². The van der Waals surface area contributed by atoms with Crippen LogP contribution in [0.3, 0.4) is 0 Å². The van der Waals surface area contributed by atoms with Crippen LogP contribution in [0.2, 0.25) is 0 Å². The number of aromatic nitrogens is 4. The number of thioether (sulfide) groups is 1. The Balaban J connectivity index is 1.96. The van der Waals surface area contributed by atoms with Crippen molar-refractivity contribution in [3.05, 3.63) is 42.5 Å². The van der Waals surface area contributed by atoms with Gasteiger partial charge < -0.3 is 4.74 Å². The normalized spacial score (nSPS) is 12.3. The summed E-state index contributed by atoms with van der Waals surface area (Å²) < 4.78 is 6.52. The molecule has 1 aromatic carbocycles. The first kappa shape index (κ1) is 15.5. The van der Waals surface area contributed by atoms with Crippen molar-refractivity contribution in [3.8, 4) is 11.4 Å². The average molecular weight is 328 g/mol. The molecule has 2 heterocycles. The maximum Gasteiger partial charge on any atom is 0.319 e. The van der Waals surface area contributed by atoms with Gasteiger partial charge in [0.1, 0.15) is 10.3 Å². The van der Waals surface area contributed by atoms with E-state index in [2.05, 4.69) is 15.3 Å². The molecule has 0 radical (unpaired) electrons. The maximum absolute atomic E-state index is 11.7. The third-order valence-electron chi connectivity index (χ3n) is 3.37. The highest BCUT2D eigenvalue weighted by Gasteiger charge is 2.20.